The van der Waals surface area contributed by atoms with Crippen LogP contribution in [0.4, 0.5) is 0 Å². The molecule has 1 aromatic rings. The van der Waals surface area contributed by atoms with Gasteiger partial charge in [0.1, 0.15) is 0 Å². The first-order chi connectivity index (χ1) is 11.6. The predicted octanol–water partition coefficient (Wildman–Crippen LogP) is 2.39. The predicted molar refractivity (Wildman–Crippen MR) is 103 cm³/mol. The number of thioether (sulfide) groups is 1. The van der Waals surface area contributed by atoms with Crippen molar-refractivity contribution in [3.05, 3.63) is 35.4 Å². The fourth-order valence-corrected chi connectivity index (χ4v) is 3.98. The van der Waals surface area contributed by atoms with E-state index in [1.54, 1.807) is 7.05 Å². The molecular formula is C18H28N4OS. The zero-order valence-electron chi connectivity index (χ0n) is 14.8. The maximum absolute atomic E-state index is 11.9. The summed E-state index contributed by atoms with van der Waals surface area (Å²) < 4.78 is 0.301. The van der Waals surface area contributed by atoms with Crippen LogP contribution < -0.4 is 16.0 Å². The molecule has 1 aliphatic rings. The van der Waals surface area contributed by atoms with E-state index in [0.717, 1.165) is 18.1 Å². The van der Waals surface area contributed by atoms with Gasteiger partial charge < -0.3 is 16.0 Å². The third kappa shape index (κ3) is 5.44. The van der Waals surface area contributed by atoms with Gasteiger partial charge in [-0.1, -0.05) is 12.1 Å². The molecule has 0 spiro atoms. The summed E-state index contributed by atoms with van der Waals surface area (Å²) in [6.45, 7) is 6.41. The van der Waals surface area contributed by atoms with Gasteiger partial charge in [-0.3, -0.25) is 9.79 Å². The van der Waals surface area contributed by atoms with E-state index in [9.17, 15) is 4.79 Å². The van der Waals surface area contributed by atoms with Crippen molar-refractivity contribution in [1.29, 1.82) is 0 Å². The largest absolute Gasteiger partial charge is 0.355 e. The zero-order valence-corrected chi connectivity index (χ0v) is 15.6. The Morgan fingerprint density at radius 1 is 1.33 bits per heavy atom. The van der Waals surface area contributed by atoms with Crippen LogP contribution in [0.3, 0.4) is 0 Å². The number of nitrogens with zero attached hydrogens (tertiary/aromatic N) is 1. The number of guanidine groups is 1. The van der Waals surface area contributed by atoms with E-state index in [2.05, 4.69) is 27.9 Å². The number of amides is 1. The maximum atomic E-state index is 11.9. The highest BCUT2D eigenvalue weighted by Gasteiger charge is 2.29. The van der Waals surface area contributed by atoms with E-state index >= 15 is 0 Å². The van der Waals surface area contributed by atoms with Gasteiger partial charge in [-0.15, -0.1) is 0 Å². The Kier molecular flexibility index (Phi) is 6.97. The number of nitrogens with one attached hydrogen (secondary N) is 3. The summed E-state index contributed by atoms with van der Waals surface area (Å²) in [5.74, 6) is 2.01. The van der Waals surface area contributed by atoms with Gasteiger partial charge in [-0.05, 0) is 50.1 Å². The molecule has 1 aromatic carbocycles. The molecule has 3 N–H and O–H groups in total. The molecule has 1 atom stereocenters. The molecule has 2 rings (SSSR count). The van der Waals surface area contributed by atoms with Crippen LogP contribution in [-0.4, -0.2) is 42.5 Å². The lowest BCUT2D eigenvalue weighted by Gasteiger charge is -2.24. The van der Waals surface area contributed by atoms with Crippen LogP contribution in [0, 0.1) is 0 Å². The molecule has 1 fully saturated rings. The van der Waals surface area contributed by atoms with Gasteiger partial charge in [0, 0.05) is 37.0 Å². The molecule has 0 aliphatic carbocycles. The third-order valence-corrected chi connectivity index (χ3v) is 5.68. The van der Waals surface area contributed by atoms with Crippen molar-refractivity contribution in [2.75, 3.05) is 25.9 Å². The minimum absolute atomic E-state index is 0.0342. The summed E-state index contributed by atoms with van der Waals surface area (Å²) in [6.07, 6.45) is 2.54. The van der Waals surface area contributed by atoms with Crippen molar-refractivity contribution >= 4 is 23.6 Å². The lowest BCUT2D eigenvalue weighted by molar-refractivity contribution is 0.0955. The second-order valence-corrected chi connectivity index (χ2v) is 7.92. The monoisotopic (exact) mass is 348 g/mol. The van der Waals surface area contributed by atoms with Crippen molar-refractivity contribution in [3.63, 3.8) is 0 Å². The number of carbonyl (C=O) groups excluding carboxylic acids is 1. The fraction of sp³-hybridized carbons (Fsp3) is 0.556. The molecule has 0 saturated carbocycles. The topological polar surface area (TPSA) is 65.5 Å². The molecule has 0 bridgehead atoms. The van der Waals surface area contributed by atoms with Gasteiger partial charge in [0.05, 0.1) is 0 Å². The smallest absolute Gasteiger partial charge is 0.251 e. The van der Waals surface area contributed by atoms with Crippen molar-refractivity contribution < 1.29 is 4.79 Å². The molecule has 6 heteroatoms. The number of hydrogen-bond acceptors (Lipinski definition) is 3. The van der Waals surface area contributed by atoms with E-state index < -0.39 is 0 Å². The van der Waals surface area contributed by atoms with Crippen LogP contribution in [0.2, 0.25) is 0 Å². The number of aliphatic imine (C=N–C) groups is 1. The van der Waals surface area contributed by atoms with E-state index in [0.29, 0.717) is 23.4 Å². The molecule has 5 nitrogen and oxygen atoms in total. The van der Waals surface area contributed by atoms with Gasteiger partial charge in [-0.2, -0.15) is 11.8 Å². The van der Waals surface area contributed by atoms with Crippen LogP contribution in [-0.2, 0) is 6.54 Å². The SMILES string of the molecule is CCNC(=O)c1cccc(CNC(=NC)NCC2(C)CCCS2)c1. The summed E-state index contributed by atoms with van der Waals surface area (Å²) >= 11 is 2.03. The summed E-state index contributed by atoms with van der Waals surface area (Å²) in [5, 5.41) is 9.56. The Morgan fingerprint density at radius 2 is 2.17 bits per heavy atom. The molecule has 1 heterocycles. The molecule has 0 radical (unpaired) electrons. The second kappa shape index (κ2) is 8.97. The first-order valence-corrected chi connectivity index (χ1v) is 9.50. The fourth-order valence-electron chi connectivity index (χ4n) is 2.74. The van der Waals surface area contributed by atoms with Crippen LogP contribution >= 0.6 is 11.8 Å². The average Bonchev–Trinajstić information content (AvgIpc) is 3.02. The van der Waals surface area contributed by atoms with E-state index in [1.807, 2.05) is 43.0 Å². The highest BCUT2D eigenvalue weighted by Crippen LogP contribution is 2.36. The molecule has 0 aromatic heterocycles. The van der Waals surface area contributed by atoms with Gasteiger partial charge >= 0.3 is 0 Å². The number of benzene rings is 1. The zero-order chi connectivity index (χ0) is 17.4. The van der Waals surface area contributed by atoms with Gasteiger partial charge in [-0.25, -0.2) is 0 Å². The minimum Gasteiger partial charge on any atom is -0.355 e. The van der Waals surface area contributed by atoms with Gasteiger partial charge in [0.25, 0.3) is 5.91 Å². The summed E-state index contributed by atoms with van der Waals surface area (Å²) in [4.78, 5) is 16.2. The molecule has 1 saturated heterocycles. The maximum Gasteiger partial charge on any atom is 0.251 e. The Bertz CT molecular complexity index is 582. The molecule has 1 amide bonds. The molecule has 1 unspecified atom stereocenters. The highest BCUT2D eigenvalue weighted by molar-refractivity contribution is 8.00. The highest BCUT2D eigenvalue weighted by atomic mass is 32.2. The average molecular weight is 349 g/mol. The van der Waals surface area contributed by atoms with Crippen molar-refractivity contribution in [2.45, 2.75) is 38.0 Å². The Labute approximate surface area is 149 Å². The Morgan fingerprint density at radius 3 is 2.83 bits per heavy atom. The summed E-state index contributed by atoms with van der Waals surface area (Å²) in [6, 6.07) is 7.67. The van der Waals surface area contributed by atoms with Crippen LogP contribution in [0.25, 0.3) is 0 Å². The van der Waals surface area contributed by atoms with Gasteiger partial charge in [0.15, 0.2) is 5.96 Å². The van der Waals surface area contributed by atoms with Crippen molar-refractivity contribution in [1.82, 2.24) is 16.0 Å². The number of rotatable bonds is 6. The summed E-state index contributed by atoms with van der Waals surface area (Å²) in [5.41, 5.74) is 1.75. The first-order valence-electron chi connectivity index (χ1n) is 8.52. The molecule has 1 aliphatic heterocycles. The van der Waals surface area contributed by atoms with Crippen molar-refractivity contribution in [2.24, 2.45) is 4.99 Å². The lowest BCUT2D eigenvalue weighted by Crippen LogP contribution is -2.43. The van der Waals surface area contributed by atoms with Crippen LogP contribution in [0.1, 0.15) is 42.6 Å². The van der Waals surface area contributed by atoms with Crippen LogP contribution in [0.5, 0.6) is 0 Å². The van der Waals surface area contributed by atoms with Crippen LogP contribution in [0.15, 0.2) is 29.3 Å². The third-order valence-electron chi connectivity index (χ3n) is 4.14. The Hall–Kier alpha value is -1.69. The van der Waals surface area contributed by atoms with E-state index in [4.69, 9.17) is 0 Å². The standard InChI is InChI=1S/C18H28N4OS/c1-4-20-16(23)15-8-5-7-14(11-15)12-21-17(19-3)22-13-18(2)9-6-10-24-18/h5,7-8,11H,4,6,9-10,12-13H2,1-3H3,(H,20,23)(H2,19,21,22). The van der Waals surface area contributed by atoms with E-state index in [-0.39, 0.29) is 5.91 Å². The second-order valence-electron chi connectivity index (χ2n) is 6.24. The molecule has 24 heavy (non-hydrogen) atoms. The molecular weight excluding hydrogens is 320 g/mol. The van der Waals surface area contributed by atoms with E-state index in [1.165, 1.54) is 18.6 Å². The number of carbonyl (C=O) groups is 1. The normalized spacial score (nSPS) is 20.7. The Balaban J connectivity index is 1.86. The minimum atomic E-state index is -0.0342. The van der Waals surface area contributed by atoms with Crippen molar-refractivity contribution in [3.8, 4) is 0 Å². The molecule has 132 valence electrons. The first kappa shape index (κ1) is 18.6. The van der Waals surface area contributed by atoms with Gasteiger partial charge in [0.2, 0.25) is 0 Å². The number of hydrogen-bond donors (Lipinski definition) is 3. The lowest BCUT2D eigenvalue weighted by atomic mass is 10.1. The quantitative estimate of drug-likeness (QED) is 0.545. The summed E-state index contributed by atoms with van der Waals surface area (Å²) in [7, 11) is 1.78.